The van der Waals surface area contributed by atoms with Crippen molar-refractivity contribution in [3.63, 3.8) is 0 Å². The van der Waals surface area contributed by atoms with Gasteiger partial charge in [0.25, 0.3) is 0 Å². The fourth-order valence-electron chi connectivity index (χ4n) is 2.99. The molecule has 0 bridgehead atoms. The molecule has 3 aromatic heterocycles. The molecule has 0 spiro atoms. The number of imidazole rings is 1. The van der Waals surface area contributed by atoms with Crippen molar-refractivity contribution in [1.29, 1.82) is 0 Å². The number of aromatic nitrogens is 6. The SMILES string of the molecule is OCC#Cc1ncnc2c1ncn2Cc1ccc2c(c1)Nc1nccnc1S2. The van der Waals surface area contributed by atoms with Crippen molar-refractivity contribution in [2.45, 2.75) is 16.5 Å². The summed E-state index contributed by atoms with van der Waals surface area (Å²) >= 11 is 1.60. The molecule has 0 amide bonds. The lowest BCUT2D eigenvalue weighted by Gasteiger charge is -2.19. The van der Waals surface area contributed by atoms with Crippen molar-refractivity contribution in [3.8, 4) is 11.8 Å². The summed E-state index contributed by atoms with van der Waals surface area (Å²) in [5, 5.41) is 13.1. The third-order valence-electron chi connectivity index (χ3n) is 4.21. The fourth-order valence-corrected chi connectivity index (χ4v) is 3.87. The Morgan fingerprint density at radius 3 is 2.96 bits per heavy atom. The first-order chi connectivity index (χ1) is 13.8. The van der Waals surface area contributed by atoms with Gasteiger partial charge in [-0.1, -0.05) is 23.7 Å². The minimum atomic E-state index is -0.222. The van der Waals surface area contributed by atoms with E-state index in [1.54, 1.807) is 30.5 Å². The molecule has 8 nitrogen and oxygen atoms in total. The smallest absolute Gasteiger partial charge is 0.164 e. The summed E-state index contributed by atoms with van der Waals surface area (Å²) in [4.78, 5) is 22.7. The number of aliphatic hydroxyl groups excluding tert-OH is 1. The van der Waals surface area contributed by atoms with Gasteiger partial charge < -0.3 is 15.0 Å². The average molecular weight is 387 g/mol. The summed E-state index contributed by atoms with van der Waals surface area (Å²) in [7, 11) is 0. The molecule has 0 atom stereocenters. The molecule has 1 aliphatic rings. The van der Waals surface area contributed by atoms with Crippen LogP contribution in [0.4, 0.5) is 11.5 Å². The van der Waals surface area contributed by atoms with E-state index in [0.29, 0.717) is 23.4 Å². The Kier molecular flexibility index (Phi) is 4.12. The normalized spacial score (nSPS) is 11.9. The van der Waals surface area contributed by atoms with E-state index in [2.05, 4.69) is 60.3 Å². The Bertz CT molecular complexity index is 1260. The van der Waals surface area contributed by atoms with E-state index >= 15 is 0 Å². The van der Waals surface area contributed by atoms with Gasteiger partial charge in [0.05, 0.1) is 18.6 Å². The second-order valence-electron chi connectivity index (χ2n) is 5.99. The molecule has 0 saturated heterocycles. The summed E-state index contributed by atoms with van der Waals surface area (Å²) in [6, 6.07) is 6.25. The van der Waals surface area contributed by atoms with Crippen LogP contribution in [0.2, 0.25) is 0 Å². The van der Waals surface area contributed by atoms with Gasteiger partial charge in [-0.2, -0.15) is 0 Å². The molecule has 1 aromatic carbocycles. The van der Waals surface area contributed by atoms with Crippen LogP contribution in [0, 0.1) is 11.8 Å². The van der Waals surface area contributed by atoms with Gasteiger partial charge in [0.1, 0.15) is 29.2 Å². The molecule has 2 N–H and O–H groups in total. The first kappa shape index (κ1) is 16.7. The zero-order valence-electron chi connectivity index (χ0n) is 14.5. The van der Waals surface area contributed by atoms with E-state index in [4.69, 9.17) is 5.11 Å². The van der Waals surface area contributed by atoms with Gasteiger partial charge in [0, 0.05) is 17.3 Å². The van der Waals surface area contributed by atoms with Gasteiger partial charge in [-0.25, -0.2) is 24.9 Å². The van der Waals surface area contributed by atoms with Crippen LogP contribution >= 0.6 is 11.8 Å². The topological polar surface area (TPSA) is 102 Å². The predicted octanol–water partition coefficient (Wildman–Crippen LogP) is 2.22. The van der Waals surface area contributed by atoms with Crippen molar-refractivity contribution in [3.05, 3.63) is 54.5 Å². The fraction of sp³-hybridized carbons (Fsp3) is 0.105. The molecule has 1 aliphatic heterocycles. The van der Waals surface area contributed by atoms with Crippen LogP contribution in [-0.4, -0.2) is 41.2 Å². The summed E-state index contributed by atoms with van der Waals surface area (Å²) in [6.07, 6.45) is 6.56. The summed E-state index contributed by atoms with van der Waals surface area (Å²) in [5.41, 5.74) is 3.94. The van der Waals surface area contributed by atoms with E-state index in [9.17, 15) is 0 Å². The van der Waals surface area contributed by atoms with Crippen LogP contribution in [-0.2, 0) is 6.54 Å². The molecule has 0 radical (unpaired) electrons. The third kappa shape index (κ3) is 2.94. The molecule has 0 unspecified atom stereocenters. The molecule has 0 saturated carbocycles. The Labute approximate surface area is 164 Å². The zero-order chi connectivity index (χ0) is 18.9. The van der Waals surface area contributed by atoms with Crippen molar-refractivity contribution in [1.82, 2.24) is 29.5 Å². The number of anilines is 2. The van der Waals surface area contributed by atoms with Gasteiger partial charge in [0.2, 0.25) is 0 Å². The van der Waals surface area contributed by atoms with E-state index < -0.39 is 0 Å². The van der Waals surface area contributed by atoms with Gasteiger partial charge >= 0.3 is 0 Å². The number of nitrogens with zero attached hydrogens (tertiary/aromatic N) is 6. The largest absolute Gasteiger partial charge is 0.384 e. The Morgan fingerprint density at radius 2 is 2.04 bits per heavy atom. The lowest BCUT2D eigenvalue weighted by molar-refractivity contribution is 0.350. The lowest BCUT2D eigenvalue weighted by Crippen LogP contribution is -2.05. The van der Waals surface area contributed by atoms with Crippen LogP contribution < -0.4 is 5.32 Å². The van der Waals surface area contributed by atoms with Gasteiger partial charge in [0.15, 0.2) is 11.5 Å². The van der Waals surface area contributed by atoms with Crippen LogP contribution in [0.15, 0.2) is 53.2 Å². The van der Waals surface area contributed by atoms with Crippen molar-refractivity contribution in [2.24, 2.45) is 0 Å². The molecule has 5 rings (SSSR count). The number of rotatable bonds is 2. The van der Waals surface area contributed by atoms with Crippen molar-refractivity contribution >= 4 is 34.4 Å². The first-order valence-electron chi connectivity index (χ1n) is 8.46. The lowest BCUT2D eigenvalue weighted by atomic mass is 10.2. The van der Waals surface area contributed by atoms with Gasteiger partial charge in [-0.05, 0) is 23.6 Å². The highest BCUT2D eigenvalue weighted by molar-refractivity contribution is 7.99. The standard InChI is InChI=1S/C19H13N7OS/c27-7-1-2-13-16-18(23-10-22-13)26(11-24-16)9-12-3-4-15-14(8-12)25-17-19(28-15)21-6-5-20-17/h3-6,8,10-11,27H,7,9H2,(H,20,25). The number of hydrogen-bond donors (Lipinski definition) is 2. The highest BCUT2D eigenvalue weighted by atomic mass is 32.2. The van der Waals surface area contributed by atoms with E-state index in [-0.39, 0.29) is 6.61 Å². The quantitative estimate of drug-likeness (QED) is 0.445. The number of benzene rings is 1. The molecule has 28 heavy (non-hydrogen) atoms. The van der Waals surface area contributed by atoms with Crippen LogP contribution in [0.1, 0.15) is 11.3 Å². The molecule has 4 heterocycles. The molecule has 136 valence electrons. The van der Waals surface area contributed by atoms with Crippen molar-refractivity contribution < 1.29 is 5.11 Å². The number of hydrogen-bond acceptors (Lipinski definition) is 8. The van der Waals surface area contributed by atoms with E-state index in [0.717, 1.165) is 27.0 Å². The predicted molar refractivity (Wildman–Crippen MR) is 104 cm³/mol. The number of fused-ring (bicyclic) bond motifs is 3. The van der Waals surface area contributed by atoms with Crippen molar-refractivity contribution in [2.75, 3.05) is 11.9 Å². The number of nitrogens with one attached hydrogen (secondary N) is 1. The van der Waals surface area contributed by atoms with Gasteiger partial charge in [-0.3, -0.25) is 0 Å². The molecular formula is C19H13N7OS. The second-order valence-corrected chi connectivity index (χ2v) is 7.03. The highest BCUT2D eigenvalue weighted by Crippen LogP contribution is 2.42. The summed E-state index contributed by atoms with van der Waals surface area (Å²) in [5.74, 6) is 6.18. The second kappa shape index (κ2) is 6.92. The Hall–Kier alpha value is -3.48. The monoisotopic (exact) mass is 387 g/mol. The number of aliphatic hydroxyl groups is 1. The Morgan fingerprint density at radius 1 is 1.11 bits per heavy atom. The molecule has 0 aliphatic carbocycles. The zero-order valence-corrected chi connectivity index (χ0v) is 15.3. The maximum absolute atomic E-state index is 8.90. The summed E-state index contributed by atoms with van der Waals surface area (Å²) in [6.45, 7) is 0.382. The minimum absolute atomic E-state index is 0.222. The van der Waals surface area contributed by atoms with Crippen LogP contribution in [0.5, 0.6) is 0 Å². The van der Waals surface area contributed by atoms with Crippen LogP contribution in [0.3, 0.4) is 0 Å². The van der Waals surface area contributed by atoms with E-state index in [1.165, 1.54) is 6.33 Å². The van der Waals surface area contributed by atoms with E-state index in [1.807, 2.05) is 4.57 Å². The highest BCUT2D eigenvalue weighted by Gasteiger charge is 2.18. The third-order valence-corrected chi connectivity index (χ3v) is 5.28. The molecular weight excluding hydrogens is 374 g/mol. The maximum Gasteiger partial charge on any atom is 0.164 e. The van der Waals surface area contributed by atoms with Crippen LogP contribution in [0.25, 0.3) is 11.2 Å². The van der Waals surface area contributed by atoms with Gasteiger partial charge in [-0.15, -0.1) is 0 Å². The maximum atomic E-state index is 8.90. The molecule has 9 heteroatoms. The minimum Gasteiger partial charge on any atom is -0.384 e. The Balaban J connectivity index is 1.46. The average Bonchev–Trinajstić information content (AvgIpc) is 3.14. The first-order valence-corrected chi connectivity index (χ1v) is 9.28. The molecule has 4 aromatic rings. The summed E-state index contributed by atoms with van der Waals surface area (Å²) < 4.78 is 1.95. The molecule has 0 fully saturated rings.